The molecule has 4 heterocycles. The number of nitrogens with two attached hydrogens (primary N) is 1. The topological polar surface area (TPSA) is 139 Å². The molecule has 2 unspecified atom stereocenters. The number of fused-ring (bicyclic) bond motifs is 2. The number of halogens is 1. The van der Waals surface area contributed by atoms with Crippen LogP contribution in [0.1, 0.15) is 130 Å². The van der Waals surface area contributed by atoms with Crippen molar-refractivity contribution in [3.63, 3.8) is 0 Å². The van der Waals surface area contributed by atoms with Crippen LogP contribution < -0.4 is 15.2 Å². The monoisotopic (exact) mass is 1240 g/mol. The number of hydrogen-bond acceptors (Lipinski definition) is 9. The molecule has 456 valence electrons. The van der Waals surface area contributed by atoms with Crippen LogP contribution in [0, 0.1) is 0 Å². The molecule has 87 heavy (non-hydrogen) atoms. The molecule has 2 fully saturated rings. The van der Waals surface area contributed by atoms with Gasteiger partial charge in [0, 0.05) is 64.1 Å². The predicted octanol–water partition coefficient (Wildman–Crippen LogP) is 15.8. The third-order valence-corrected chi connectivity index (χ3v) is 15.8. The number of ether oxygens (including phenoxy) is 4. The lowest BCUT2D eigenvalue weighted by Gasteiger charge is -2.23. The molecule has 14 heteroatoms. The first-order valence-corrected chi connectivity index (χ1v) is 31.9. The molecule has 2 saturated heterocycles. The Kier molecular flexibility index (Phi) is 25.3. The van der Waals surface area contributed by atoms with Gasteiger partial charge in [0.1, 0.15) is 18.1 Å². The van der Waals surface area contributed by atoms with Gasteiger partial charge in [-0.05, 0) is 187 Å². The normalized spacial score (nSPS) is 15.7. The summed E-state index contributed by atoms with van der Waals surface area (Å²) in [5.74, 6) is 1.74. The van der Waals surface area contributed by atoms with E-state index in [1.165, 1.54) is 68.4 Å². The van der Waals surface area contributed by atoms with E-state index < -0.39 is 0 Å². The van der Waals surface area contributed by atoms with Gasteiger partial charge in [0.25, 0.3) is 0 Å². The molecular weight excluding hydrogens is 1150 g/mol. The van der Waals surface area contributed by atoms with E-state index in [2.05, 4.69) is 163 Å². The van der Waals surface area contributed by atoms with Crippen molar-refractivity contribution in [3.8, 4) is 11.5 Å². The number of alkyl halides is 1. The number of aromatic nitrogens is 4. The van der Waals surface area contributed by atoms with E-state index >= 15 is 0 Å². The maximum atomic E-state index is 11.6. The van der Waals surface area contributed by atoms with Crippen LogP contribution in [0.25, 0.3) is 44.1 Å². The molecule has 2 aromatic heterocycles. The summed E-state index contributed by atoms with van der Waals surface area (Å²) in [7, 11) is 6.97. The molecule has 0 spiro atoms. The van der Waals surface area contributed by atoms with Gasteiger partial charge in [-0.2, -0.15) is 10.2 Å². The third kappa shape index (κ3) is 18.1. The molecule has 13 nitrogen and oxygen atoms in total. The van der Waals surface area contributed by atoms with E-state index in [0.29, 0.717) is 19.8 Å². The van der Waals surface area contributed by atoms with Crippen LogP contribution in [-0.4, -0.2) is 108 Å². The highest BCUT2D eigenvalue weighted by Crippen LogP contribution is 2.39. The largest absolute Gasteiger partial charge is 0.494 e. The number of amides is 2. The molecule has 10 rings (SSSR count). The van der Waals surface area contributed by atoms with E-state index in [4.69, 9.17) is 34.9 Å². The van der Waals surface area contributed by atoms with Crippen molar-refractivity contribution in [3.05, 3.63) is 216 Å². The van der Waals surface area contributed by atoms with Crippen molar-refractivity contribution in [2.24, 2.45) is 5.73 Å². The highest BCUT2D eigenvalue weighted by atomic mass is 79.9. The van der Waals surface area contributed by atoms with Crippen LogP contribution in [0.5, 0.6) is 11.5 Å². The molecule has 0 bridgehead atoms. The van der Waals surface area contributed by atoms with Crippen LogP contribution in [0.4, 0.5) is 0 Å². The number of carbonyl (C=O) groups excluding carboxylic acids is 2. The fourth-order valence-electron chi connectivity index (χ4n) is 10.9. The Morgan fingerprint density at radius 3 is 1.40 bits per heavy atom. The number of allylic oxidation sites excluding steroid dienone is 4. The average molecular weight is 1240 g/mol. The number of carbonyl (C=O) groups is 2. The molecule has 2 aliphatic rings. The van der Waals surface area contributed by atoms with Crippen LogP contribution in [0.15, 0.2) is 182 Å². The van der Waals surface area contributed by atoms with Crippen molar-refractivity contribution in [1.82, 2.24) is 29.4 Å². The molecule has 0 saturated carbocycles. The predicted molar refractivity (Wildman–Crippen MR) is 359 cm³/mol. The number of nitrogens with zero attached hydrogens (tertiary/aromatic N) is 6. The fourth-order valence-corrected chi connectivity index (χ4v) is 11.1. The van der Waals surface area contributed by atoms with Gasteiger partial charge in [0.05, 0.1) is 30.0 Å². The number of benzene rings is 6. The Bertz CT molecular complexity index is 3560. The van der Waals surface area contributed by atoms with Crippen molar-refractivity contribution in [2.45, 2.75) is 96.9 Å². The second kappa shape index (κ2) is 33.9. The summed E-state index contributed by atoms with van der Waals surface area (Å²) in [5, 5.41) is 12.4. The van der Waals surface area contributed by atoms with Gasteiger partial charge in [-0.15, -0.1) is 0 Å². The molecule has 0 radical (unpaired) electrons. The molecule has 0 aliphatic carbocycles. The number of unbranched alkanes of at least 4 members (excludes halogenated alkanes) is 2. The zero-order chi connectivity index (χ0) is 61.3. The summed E-state index contributed by atoms with van der Waals surface area (Å²) in [6, 6.07) is 51.5. The van der Waals surface area contributed by atoms with Crippen molar-refractivity contribution >= 4 is 71.8 Å². The zero-order valence-electron chi connectivity index (χ0n) is 51.6. The first kappa shape index (κ1) is 65.1. The first-order chi connectivity index (χ1) is 42.5. The standard InChI is InChI=1S/C37H43N3O3.C30H33N3O2.C6H10BrNO/c1-4-33(28-14-8-7-9-15-28)37(30-20-23-34-31(26-30)27-38-40(34)36-17-11-13-25-43-36)29-18-21-32(22-19-29)42-24-12-6-5-10-16-35(41)39(2)3;1-2-27(22-8-4-3-5-9-22)30(23-11-14-26(15-12-23)34-19-17-31)24-13-16-28-25(20-24)21-32-33(28)29-10-6-7-18-35-29;1-8(2)6(9)4-3-5-7/h7-10,14-16,18-23,26-27,36H,4-6,11-13,17,24-25H2,1-3H3;3-5,8-9,11-16,20-21,29H,2,6-7,10,17-19,31H2,1H3;3-4H,5H2,1-2H3/b16-10+,37-33+;30-27+;4-3+. The van der Waals surface area contributed by atoms with E-state index in [1.807, 2.05) is 40.0 Å². The van der Waals surface area contributed by atoms with E-state index in [0.717, 1.165) is 121 Å². The minimum Gasteiger partial charge on any atom is -0.494 e. The smallest absolute Gasteiger partial charge is 0.245 e. The molecule has 8 aromatic rings. The van der Waals surface area contributed by atoms with Crippen molar-refractivity contribution in [2.75, 3.05) is 66.5 Å². The quantitative estimate of drug-likeness (QED) is 0.0304. The van der Waals surface area contributed by atoms with E-state index in [1.54, 1.807) is 45.2 Å². The van der Waals surface area contributed by atoms with Crippen LogP contribution >= 0.6 is 15.9 Å². The summed E-state index contributed by atoms with van der Waals surface area (Å²) in [4.78, 5) is 25.5. The Labute approximate surface area is 523 Å². The van der Waals surface area contributed by atoms with Gasteiger partial charge < -0.3 is 34.5 Å². The van der Waals surface area contributed by atoms with Crippen molar-refractivity contribution in [1.29, 1.82) is 0 Å². The number of hydrogen-bond donors (Lipinski definition) is 1. The Balaban J connectivity index is 0.000000201. The highest BCUT2D eigenvalue weighted by Gasteiger charge is 2.22. The number of rotatable bonds is 22. The minimum absolute atomic E-state index is 0.0129. The Morgan fingerprint density at radius 1 is 0.563 bits per heavy atom. The minimum atomic E-state index is 0.0129. The summed E-state index contributed by atoms with van der Waals surface area (Å²) in [5.41, 5.74) is 20.0. The lowest BCUT2D eigenvalue weighted by atomic mass is 9.88. The maximum Gasteiger partial charge on any atom is 0.245 e. The van der Waals surface area contributed by atoms with Gasteiger partial charge in [0.2, 0.25) is 11.8 Å². The molecule has 2 aliphatic heterocycles. The van der Waals surface area contributed by atoms with Gasteiger partial charge in [0.15, 0.2) is 12.5 Å². The zero-order valence-corrected chi connectivity index (χ0v) is 53.2. The third-order valence-electron chi connectivity index (χ3n) is 15.4. The molecular formula is C73H86BrN7O6. The molecule has 2 amide bonds. The Morgan fingerprint density at radius 2 is 1.00 bits per heavy atom. The molecule has 2 atom stereocenters. The number of likely N-dealkylation sites (N-methyl/N-ethyl adjacent to an activating group) is 2. The second-order valence-electron chi connectivity index (χ2n) is 22.0. The van der Waals surface area contributed by atoms with Gasteiger partial charge in [-0.25, -0.2) is 9.36 Å². The molecule has 2 N–H and O–H groups in total. The lowest BCUT2D eigenvalue weighted by Crippen LogP contribution is -2.18. The highest BCUT2D eigenvalue weighted by molar-refractivity contribution is 9.09. The molecule has 6 aromatic carbocycles. The Hall–Kier alpha value is -7.88. The second-order valence-corrected chi connectivity index (χ2v) is 22.6. The van der Waals surface area contributed by atoms with Crippen molar-refractivity contribution < 1.29 is 28.5 Å². The van der Waals surface area contributed by atoms with Crippen LogP contribution in [0.3, 0.4) is 0 Å². The summed E-state index contributed by atoms with van der Waals surface area (Å²) in [6.45, 7) is 7.70. The van der Waals surface area contributed by atoms with Gasteiger partial charge in [-0.1, -0.05) is 139 Å². The summed E-state index contributed by atoms with van der Waals surface area (Å²) >= 11 is 3.17. The summed E-state index contributed by atoms with van der Waals surface area (Å²) in [6.07, 6.45) is 22.1. The maximum absolute atomic E-state index is 11.6. The van der Waals surface area contributed by atoms with E-state index in [-0.39, 0.29) is 24.3 Å². The van der Waals surface area contributed by atoms with Crippen LogP contribution in [-0.2, 0) is 19.1 Å². The van der Waals surface area contributed by atoms with Gasteiger partial charge >= 0.3 is 0 Å². The van der Waals surface area contributed by atoms with E-state index in [9.17, 15) is 9.59 Å². The SMILES string of the molecule is CC/C(=C(/c1ccc(OCCCC/C=C/C(=O)N(C)C)cc1)c1ccc2c(cnn2C2CCCCO2)c1)c1ccccc1.CC/C(=C(/c1ccc(OCCN)cc1)c1ccc2c(cnn2C2CCCCO2)c1)c1ccccc1.CN(C)C(=O)/C=C/CBr. The summed E-state index contributed by atoms with van der Waals surface area (Å²) < 4.78 is 27.9. The van der Waals surface area contributed by atoms with Gasteiger partial charge in [-0.3, -0.25) is 9.59 Å². The first-order valence-electron chi connectivity index (χ1n) is 30.8. The van der Waals surface area contributed by atoms with Crippen LogP contribution in [0.2, 0.25) is 0 Å². The lowest BCUT2D eigenvalue weighted by molar-refractivity contribution is -0.124. The fraction of sp³-hybridized carbons (Fsp3) is 0.342. The average Bonchev–Trinajstić information content (AvgIpc) is 2.88.